The minimum atomic E-state index is 0.626. The van der Waals surface area contributed by atoms with Gasteiger partial charge in [0.1, 0.15) is 12.4 Å². The van der Waals surface area contributed by atoms with Crippen LogP contribution in [0.25, 0.3) is 0 Å². The van der Waals surface area contributed by atoms with Crippen LogP contribution in [0.5, 0.6) is 5.75 Å². The van der Waals surface area contributed by atoms with Crippen molar-refractivity contribution in [2.75, 3.05) is 26.2 Å². The average molecular weight is 220 g/mol. The molecule has 1 fully saturated rings. The zero-order chi connectivity index (χ0) is 11.2. The third kappa shape index (κ3) is 3.51. The number of benzene rings is 1. The molecule has 16 heavy (non-hydrogen) atoms. The first-order valence-electron chi connectivity index (χ1n) is 5.98. The van der Waals surface area contributed by atoms with Crippen LogP contribution in [0.15, 0.2) is 24.3 Å². The molecule has 1 aliphatic rings. The van der Waals surface area contributed by atoms with Crippen molar-refractivity contribution >= 4 is 0 Å². The molecule has 1 heterocycles. The molecule has 0 bridgehead atoms. The van der Waals surface area contributed by atoms with Gasteiger partial charge in [-0.05, 0) is 32.0 Å². The summed E-state index contributed by atoms with van der Waals surface area (Å²) in [4.78, 5) is 0. The highest BCUT2D eigenvalue weighted by Crippen LogP contribution is 2.10. The van der Waals surface area contributed by atoms with Gasteiger partial charge in [0.15, 0.2) is 0 Å². The number of nitrogens with one attached hydrogen (secondary N) is 2. The van der Waals surface area contributed by atoms with Crippen molar-refractivity contribution in [1.82, 2.24) is 10.6 Å². The summed E-state index contributed by atoms with van der Waals surface area (Å²) in [6, 6.07) is 8.81. The van der Waals surface area contributed by atoms with E-state index in [9.17, 15) is 0 Å². The number of ether oxygens (including phenoxy) is 1. The number of rotatable bonds is 5. The van der Waals surface area contributed by atoms with Gasteiger partial charge < -0.3 is 15.4 Å². The molecule has 88 valence electrons. The summed E-state index contributed by atoms with van der Waals surface area (Å²) in [7, 11) is 0. The lowest BCUT2D eigenvalue weighted by Crippen LogP contribution is -2.34. The molecule has 1 aliphatic heterocycles. The molecule has 2 N–H and O–H groups in total. The van der Waals surface area contributed by atoms with Crippen LogP contribution in [0, 0.1) is 6.92 Å². The smallest absolute Gasteiger partial charge is 0.119 e. The van der Waals surface area contributed by atoms with Crippen molar-refractivity contribution in [2.24, 2.45) is 0 Å². The highest BCUT2D eigenvalue weighted by atomic mass is 16.5. The van der Waals surface area contributed by atoms with Crippen molar-refractivity contribution < 1.29 is 4.74 Å². The molecule has 3 heteroatoms. The van der Waals surface area contributed by atoms with E-state index >= 15 is 0 Å². The zero-order valence-corrected chi connectivity index (χ0v) is 9.83. The molecule has 0 aromatic heterocycles. The van der Waals surface area contributed by atoms with Crippen LogP contribution in [0.2, 0.25) is 0 Å². The van der Waals surface area contributed by atoms with E-state index in [2.05, 4.69) is 29.7 Å². The van der Waals surface area contributed by atoms with E-state index in [4.69, 9.17) is 4.74 Å². The number of hydrogen-bond donors (Lipinski definition) is 2. The molecular weight excluding hydrogens is 200 g/mol. The summed E-state index contributed by atoms with van der Waals surface area (Å²) < 4.78 is 5.64. The molecule has 0 amide bonds. The Kier molecular flexibility index (Phi) is 4.19. The summed E-state index contributed by atoms with van der Waals surface area (Å²) in [5, 5.41) is 6.81. The lowest BCUT2D eigenvalue weighted by molar-refractivity contribution is 0.307. The first kappa shape index (κ1) is 11.4. The molecule has 0 saturated carbocycles. The molecule has 0 aliphatic carbocycles. The molecule has 0 spiro atoms. The van der Waals surface area contributed by atoms with E-state index in [1.54, 1.807) is 0 Å². The normalized spacial score (nSPS) is 19.9. The van der Waals surface area contributed by atoms with E-state index in [-0.39, 0.29) is 0 Å². The van der Waals surface area contributed by atoms with E-state index < -0.39 is 0 Å². The first-order chi connectivity index (χ1) is 7.84. The van der Waals surface area contributed by atoms with Crippen LogP contribution in [0.3, 0.4) is 0 Å². The molecule has 1 saturated heterocycles. The van der Waals surface area contributed by atoms with Crippen LogP contribution < -0.4 is 15.4 Å². The molecule has 2 rings (SSSR count). The van der Waals surface area contributed by atoms with Gasteiger partial charge in [0.25, 0.3) is 0 Å². The van der Waals surface area contributed by atoms with Gasteiger partial charge in [-0.25, -0.2) is 0 Å². The molecular formula is C13H20N2O. The van der Waals surface area contributed by atoms with Crippen molar-refractivity contribution in [3.05, 3.63) is 29.8 Å². The zero-order valence-electron chi connectivity index (χ0n) is 9.83. The molecule has 1 aromatic rings. The van der Waals surface area contributed by atoms with E-state index in [1.807, 2.05) is 12.1 Å². The maximum atomic E-state index is 5.64. The predicted octanol–water partition coefficient (Wildman–Crippen LogP) is 1.33. The number of hydrogen-bond acceptors (Lipinski definition) is 3. The standard InChI is InChI=1S/C13H20N2O/c1-11-2-4-13(5-3-11)16-9-8-15-12-6-7-14-10-12/h2-5,12,14-15H,6-10H2,1H3. The fourth-order valence-electron chi connectivity index (χ4n) is 1.90. The fraction of sp³-hybridized carbons (Fsp3) is 0.538. The predicted molar refractivity (Wildman–Crippen MR) is 66.0 cm³/mol. The maximum Gasteiger partial charge on any atom is 0.119 e. The van der Waals surface area contributed by atoms with Crippen LogP contribution in [0.1, 0.15) is 12.0 Å². The second-order valence-corrected chi connectivity index (χ2v) is 4.31. The van der Waals surface area contributed by atoms with Crippen LogP contribution in [0.4, 0.5) is 0 Å². The van der Waals surface area contributed by atoms with Crippen LogP contribution >= 0.6 is 0 Å². The first-order valence-corrected chi connectivity index (χ1v) is 5.98. The Balaban J connectivity index is 1.62. The van der Waals surface area contributed by atoms with Gasteiger partial charge >= 0.3 is 0 Å². The highest BCUT2D eigenvalue weighted by molar-refractivity contribution is 5.26. The van der Waals surface area contributed by atoms with Gasteiger partial charge in [-0.15, -0.1) is 0 Å². The van der Waals surface area contributed by atoms with Gasteiger partial charge in [-0.1, -0.05) is 17.7 Å². The lowest BCUT2D eigenvalue weighted by Gasteiger charge is -2.11. The Bertz CT molecular complexity index is 304. The summed E-state index contributed by atoms with van der Waals surface area (Å²) in [6.45, 7) is 5.96. The highest BCUT2D eigenvalue weighted by Gasteiger charge is 2.12. The van der Waals surface area contributed by atoms with Gasteiger partial charge in [0, 0.05) is 19.1 Å². The van der Waals surface area contributed by atoms with Crippen molar-refractivity contribution in [1.29, 1.82) is 0 Å². The Morgan fingerprint density at radius 3 is 2.88 bits per heavy atom. The Morgan fingerprint density at radius 1 is 1.38 bits per heavy atom. The molecule has 3 nitrogen and oxygen atoms in total. The Labute approximate surface area is 97.2 Å². The Hall–Kier alpha value is -1.06. The summed E-state index contributed by atoms with van der Waals surface area (Å²) in [5.41, 5.74) is 1.27. The third-order valence-corrected chi connectivity index (χ3v) is 2.89. The summed E-state index contributed by atoms with van der Waals surface area (Å²) >= 11 is 0. The fourth-order valence-corrected chi connectivity index (χ4v) is 1.90. The molecule has 1 aromatic carbocycles. The maximum absolute atomic E-state index is 5.64. The Morgan fingerprint density at radius 2 is 2.19 bits per heavy atom. The molecule has 1 unspecified atom stereocenters. The average Bonchev–Trinajstić information content (AvgIpc) is 2.80. The van der Waals surface area contributed by atoms with Gasteiger partial charge in [0.2, 0.25) is 0 Å². The summed E-state index contributed by atoms with van der Waals surface area (Å²) in [5.74, 6) is 0.956. The van der Waals surface area contributed by atoms with E-state index in [0.29, 0.717) is 6.04 Å². The minimum absolute atomic E-state index is 0.626. The van der Waals surface area contributed by atoms with Gasteiger partial charge in [-0.3, -0.25) is 0 Å². The van der Waals surface area contributed by atoms with Crippen LogP contribution in [-0.4, -0.2) is 32.3 Å². The topological polar surface area (TPSA) is 33.3 Å². The van der Waals surface area contributed by atoms with Gasteiger partial charge in [-0.2, -0.15) is 0 Å². The van der Waals surface area contributed by atoms with E-state index in [0.717, 1.165) is 32.0 Å². The second-order valence-electron chi connectivity index (χ2n) is 4.31. The molecule has 0 radical (unpaired) electrons. The SMILES string of the molecule is Cc1ccc(OCCNC2CCNC2)cc1. The van der Waals surface area contributed by atoms with Crippen molar-refractivity contribution in [3.63, 3.8) is 0 Å². The molecule has 1 atom stereocenters. The third-order valence-electron chi connectivity index (χ3n) is 2.89. The lowest BCUT2D eigenvalue weighted by atomic mass is 10.2. The minimum Gasteiger partial charge on any atom is -0.492 e. The quantitative estimate of drug-likeness (QED) is 0.734. The van der Waals surface area contributed by atoms with E-state index in [1.165, 1.54) is 12.0 Å². The second kappa shape index (κ2) is 5.87. The van der Waals surface area contributed by atoms with Crippen LogP contribution in [-0.2, 0) is 0 Å². The van der Waals surface area contributed by atoms with Gasteiger partial charge in [0.05, 0.1) is 0 Å². The monoisotopic (exact) mass is 220 g/mol. The van der Waals surface area contributed by atoms with Crippen molar-refractivity contribution in [3.8, 4) is 5.75 Å². The van der Waals surface area contributed by atoms with Crippen molar-refractivity contribution in [2.45, 2.75) is 19.4 Å². The largest absolute Gasteiger partial charge is 0.492 e. The number of aryl methyl sites for hydroxylation is 1. The summed E-state index contributed by atoms with van der Waals surface area (Å²) in [6.07, 6.45) is 1.23.